The van der Waals surface area contributed by atoms with Crippen LogP contribution in [0.4, 0.5) is 4.79 Å². The van der Waals surface area contributed by atoms with Gasteiger partial charge in [-0.25, -0.2) is 4.79 Å². The first-order valence-corrected chi connectivity index (χ1v) is 8.23. The Morgan fingerprint density at radius 3 is 2.54 bits per heavy atom. The average molecular weight is 320 g/mol. The lowest BCUT2D eigenvalue weighted by Crippen LogP contribution is -2.44. The van der Waals surface area contributed by atoms with Crippen molar-refractivity contribution in [2.75, 3.05) is 0 Å². The summed E-state index contributed by atoms with van der Waals surface area (Å²) < 4.78 is 0. The minimum atomic E-state index is -0.182. The van der Waals surface area contributed by atoms with Crippen molar-refractivity contribution in [1.82, 2.24) is 10.6 Å². The molecule has 2 aromatic carbocycles. The summed E-state index contributed by atoms with van der Waals surface area (Å²) in [5.41, 5.74) is 7.21. The third-order valence-electron chi connectivity index (χ3n) is 4.98. The van der Waals surface area contributed by atoms with Crippen LogP contribution in [-0.4, -0.2) is 11.1 Å². The Hall–Kier alpha value is -2.75. The summed E-state index contributed by atoms with van der Waals surface area (Å²) in [5, 5.41) is 16.1. The van der Waals surface area contributed by atoms with Crippen molar-refractivity contribution in [3.8, 4) is 5.75 Å². The second-order valence-electron chi connectivity index (χ2n) is 6.59. The molecule has 1 unspecified atom stereocenters. The van der Waals surface area contributed by atoms with E-state index >= 15 is 0 Å². The van der Waals surface area contributed by atoms with Crippen LogP contribution in [-0.2, 0) is 6.42 Å². The molecular weight excluding hydrogens is 300 g/mol. The summed E-state index contributed by atoms with van der Waals surface area (Å²) in [6.45, 7) is 3.78. The maximum Gasteiger partial charge on any atom is 0.319 e. The maximum atomic E-state index is 12.2. The van der Waals surface area contributed by atoms with Crippen molar-refractivity contribution in [2.45, 2.75) is 32.7 Å². The number of carbonyl (C=O) groups is 1. The molecule has 1 atom stereocenters. The molecule has 0 aromatic heterocycles. The highest BCUT2D eigenvalue weighted by molar-refractivity contribution is 5.91. The van der Waals surface area contributed by atoms with Crippen LogP contribution in [0.25, 0.3) is 5.70 Å². The van der Waals surface area contributed by atoms with Gasteiger partial charge in [0.25, 0.3) is 0 Å². The number of amides is 2. The smallest absolute Gasteiger partial charge is 0.319 e. The molecular formula is C20H20N2O2. The maximum absolute atomic E-state index is 12.2. The number of phenols is 1. The molecule has 0 spiro atoms. The van der Waals surface area contributed by atoms with E-state index in [9.17, 15) is 9.90 Å². The van der Waals surface area contributed by atoms with E-state index in [1.165, 1.54) is 11.1 Å². The summed E-state index contributed by atoms with van der Waals surface area (Å²) in [6, 6.07) is 11.8. The molecule has 2 aromatic rings. The molecule has 24 heavy (non-hydrogen) atoms. The molecule has 0 radical (unpaired) electrons. The van der Waals surface area contributed by atoms with E-state index in [-0.39, 0.29) is 12.1 Å². The molecule has 122 valence electrons. The molecule has 4 rings (SSSR count). The van der Waals surface area contributed by atoms with Gasteiger partial charge in [-0.05, 0) is 66.6 Å². The zero-order chi connectivity index (χ0) is 16.8. The highest BCUT2D eigenvalue weighted by Crippen LogP contribution is 2.39. The number of phenolic OH excluding ortho intramolecular Hbond substituents is 1. The normalized spacial score (nSPS) is 19.2. The number of benzene rings is 2. The fraction of sp³-hybridized carbons (Fsp3) is 0.250. The lowest BCUT2D eigenvalue weighted by Gasteiger charge is -2.34. The monoisotopic (exact) mass is 320 g/mol. The lowest BCUT2D eigenvalue weighted by atomic mass is 9.82. The van der Waals surface area contributed by atoms with E-state index in [0.717, 1.165) is 40.8 Å². The van der Waals surface area contributed by atoms with Gasteiger partial charge in [0, 0.05) is 5.56 Å². The van der Waals surface area contributed by atoms with Gasteiger partial charge in [0.15, 0.2) is 0 Å². The largest absolute Gasteiger partial charge is 0.507 e. The van der Waals surface area contributed by atoms with Crippen molar-refractivity contribution in [2.24, 2.45) is 0 Å². The second-order valence-corrected chi connectivity index (χ2v) is 6.59. The van der Waals surface area contributed by atoms with Crippen molar-refractivity contribution in [3.05, 3.63) is 69.8 Å². The lowest BCUT2D eigenvalue weighted by molar-refractivity contribution is 0.240. The van der Waals surface area contributed by atoms with E-state index in [4.69, 9.17) is 0 Å². The van der Waals surface area contributed by atoms with Gasteiger partial charge >= 0.3 is 6.03 Å². The average Bonchev–Trinajstić information content (AvgIpc) is 2.58. The number of carbonyl (C=O) groups excluding carboxylic acids is 1. The molecule has 0 saturated heterocycles. The number of aromatic hydroxyl groups is 1. The first-order valence-electron chi connectivity index (χ1n) is 8.23. The van der Waals surface area contributed by atoms with Gasteiger partial charge in [-0.1, -0.05) is 24.3 Å². The molecule has 3 N–H and O–H groups in total. The molecule has 4 nitrogen and oxygen atoms in total. The van der Waals surface area contributed by atoms with Gasteiger partial charge in [0.2, 0.25) is 0 Å². The van der Waals surface area contributed by atoms with Crippen molar-refractivity contribution < 1.29 is 9.90 Å². The van der Waals surface area contributed by atoms with Crippen molar-refractivity contribution in [3.63, 3.8) is 0 Å². The van der Waals surface area contributed by atoms with Crippen LogP contribution in [0.15, 0.2) is 42.0 Å². The standard InChI is InChI=1S/C20H20N2O2/c1-11-9-14(10-12(2)19(11)23)17-16-8-7-13-5-3-4-6-15(13)18(16)22-20(24)21-17/h3-6,9-10,17,23H,7-8H2,1-2H3,(H2,21,22,24). The zero-order valence-electron chi connectivity index (χ0n) is 13.8. The number of nitrogens with one attached hydrogen (secondary N) is 2. The van der Waals surface area contributed by atoms with Crippen LogP contribution in [0.2, 0.25) is 0 Å². The molecule has 1 aliphatic carbocycles. The van der Waals surface area contributed by atoms with Gasteiger partial charge in [0.1, 0.15) is 5.75 Å². The third kappa shape index (κ3) is 2.26. The minimum absolute atomic E-state index is 0.153. The summed E-state index contributed by atoms with van der Waals surface area (Å²) in [5.74, 6) is 0.321. The zero-order valence-corrected chi connectivity index (χ0v) is 13.8. The second kappa shape index (κ2) is 5.41. The van der Waals surface area contributed by atoms with Crippen molar-refractivity contribution in [1.29, 1.82) is 0 Å². The minimum Gasteiger partial charge on any atom is -0.507 e. The first-order chi connectivity index (χ1) is 11.5. The van der Waals surface area contributed by atoms with Gasteiger partial charge in [-0.3, -0.25) is 0 Å². The van der Waals surface area contributed by atoms with E-state index in [2.05, 4.69) is 22.8 Å². The Labute approximate surface area is 141 Å². The fourth-order valence-corrected chi connectivity index (χ4v) is 3.79. The molecule has 0 fully saturated rings. The Kier molecular flexibility index (Phi) is 3.34. The van der Waals surface area contributed by atoms with Gasteiger partial charge < -0.3 is 15.7 Å². The number of rotatable bonds is 1. The van der Waals surface area contributed by atoms with Crippen LogP contribution in [0.5, 0.6) is 5.75 Å². The summed E-state index contributed by atoms with van der Waals surface area (Å²) >= 11 is 0. The highest BCUT2D eigenvalue weighted by atomic mass is 16.3. The quantitative estimate of drug-likeness (QED) is 0.750. The SMILES string of the molecule is Cc1cc(C2NC(=O)NC3=C2CCc2ccccc23)cc(C)c1O. The molecule has 1 heterocycles. The highest BCUT2D eigenvalue weighted by Gasteiger charge is 2.32. The van der Waals surface area contributed by atoms with Gasteiger partial charge in [-0.2, -0.15) is 0 Å². The Morgan fingerprint density at radius 2 is 1.79 bits per heavy atom. The number of urea groups is 1. The predicted octanol–water partition coefficient (Wildman–Crippen LogP) is 3.72. The van der Waals surface area contributed by atoms with Crippen molar-refractivity contribution >= 4 is 11.7 Å². The van der Waals surface area contributed by atoms with E-state index in [1.807, 2.05) is 38.1 Å². The number of fused-ring (bicyclic) bond motifs is 2. The number of aryl methyl sites for hydroxylation is 3. The third-order valence-corrected chi connectivity index (χ3v) is 4.98. The van der Waals surface area contributed by atoms with E-state index < -0.39 is 0 Å². The topological polar surface area (TPSA) is 61.4 Å². The molecule has 0 bridgehead atoms. The molecule has 2 aliphatic rings. The Balaban J connectivity index is 1.87. The molecule has 1 aliphatic heterocycles. The Bertz CT molecular complexity index is 860. The van der Waals surface area contributed by atoms with E-state index in [0.29, 0.717) is 5.75 Å². The predicted molar refractivity (Wildman–Crippen MR) is 93.7 cm³/mol. The Morgan fingerprint density at radius 1 is 1.08 bits per heavy atom. The van der Waals surface area contributed by atoms with Gasteiger partial charge in [0.05, 0.1) is 11.7 Å². The number of hydrogen-bond donors (Lipinski definition) is 3. The summed E-state index contributed by atoms with van der Waals surface area (Å²) in [4.78, 5) is 12.2. The van der Waals surface area contributed by atoms with Crippen LogP contribution < -0.4 is 10.6 Å². The molecule has 2 amide bonds. The first kappa shape index (κ1) is 14.8. The summed E-state index contributed by atoms with van der Waals surface area (Å²) in [7, 11) is 0. The molecule has 0 saturated carbocycles. The number of hydrogen-bond acceptors (Lipinski definition) is 2. The van der Waals surface area contributed by atoms with E-state index in [1.54, 1.807) is 0 Å². The van der Waals surface area contributed by atoms with Crippen LogP contribution in [0.1, 0.15) is 40.3 Å². The van der Waals surface area contributed by atoms with Crippen LogP contribution in [0, 0.1) is 13.8 Å². The molecule has 4 heteroatoms. The van der Waals surface area contributed by atoms with Gasteiger partial charge in [-0.15, -0.1) is 0 Å². The summed E-state index contributed by atoms with van der Waals surface area (Å²) in [6.07, 6.45) is 1.88. The van der Waals surface area contributed by atoms with Crippen LogP contribution in [0.3, 0.4) is 0 Å². The van der Waals surface area contributed by atoms with Crippen LogP contribution >= 0.6 is 0 Å². The fourth-order valence-electron chi connectivity index (χ4n) is 3.79.